The Labute approximate surface area is 136 Å². The Balaban J connectivity index is 2.38. The predicted octanol–water partition coefficient (Wildman–Crippen LogP) is 4.66. The van der Waals surface area contributed by atoms with Crippen molar-refractivity contribution in [2.24, 2.45) is 0 Å². The van der Waals surface area contributed by atoms with Gasteiger partial charge in [0, 0.05) is 5.02 Å². The molecule has 0 bridgehead atoms. The zero-order chi connectivity index (χ0) is 17.3. The lowest BCUT2D eigenvalue weighted by molar-refractivity contribution is -0.196. The summed E-state index contributed by atoms with van der Waals surface area (Å²) in [6, 6.07) is 9.95. The fourth-order valence-corrected chi connectivity index (χ4v) is 3.00. The quantitative estimate of drug-likeness (QED) is 0.741. The Bertz CT molecular complexity index is 769. The summed E-state index contributed by atoms with van der Waals surface area (Å²) in [5, 5.41) is 0.232. The van der Waals surface area contributed by atoms with Crippen molar-refractivity contribution in [3.05, 3.63) is 64.7 Å². The molecule has 0 spiro atoms. The van der Waals surface area contributed by atoms with E-state index in [0.717, 1.165) is 17.7 Å². The van der Waals surface area contributed by atoms with Crippen LogP contribution in [0.1, 0.15) is 17.2 Å². The molecule has 8 heteroatoms. The average Bonchev–Trinajstić information content (AvgIpc) is 2.45. The Morgan fingerprint density at radius 2 is 1.52 bits per heavy atom. The molecule has 0 saturated heterocycles. The summed E-state index contributed by atoms with van der Waals surface area (Å²) >= 11 is 5.63. The zero-order valence-corrected chi connectivity index (χ0v) is 13.4. The number of rotatable bonds is 4. The molecule has 0 aliphatic rings. The van der Waals surface area contributed by atoms with E-state index >= 15 is 0 Å². The maximum absolute atomic E-state index is 13.2. The van der Waals surface area contributed by atoms with Crippen molar-refractivity contribution in [3.8, 4) is 0 Å². The van der Waals surface area contributed by atoms with E-state index in [2.05, 4.69) is 4.18 Å². The van der Waals surface area contributed by atoms with Crippen LogP contribution in [-0.4, -0.2) is 14.6 Å². The van der Waals surface area contributed by atoms with Crippen LogP contribution in [0.15, 0.2) is 53.4 Å². The van der Waals surface area contributed by atoms with Gasteiger partial charge in [-0.2, -0.15) is 21.6 Å². The van der Waals surface area contributed by atoms with Gasteiger partial charge in [0.1, 0.15) is 0 Å². The molecule has 2 rings (SSSR count). The predicted molar refractivity (Wildman–Crippen MR) is 79.7 cm³/mol. The van der Waals surface area contributed by atoms with Gasteiger partial charge < -0.3 is 0 Å². The molecular formula is C15H12ClF3O3S. The van der Waals surface area contributed by atoms with Crippen LogP contribution in [0.2, 0.25) is 5.02 Å². The first-order valence-corrected chi connectivity index (χ1v) is 8.20. The molecule has 0 fully saturated rings. The molecule has 0 amide bonds. The first kappa shape index (κ1) is 17.8. The highest BCUT2D eigenvalue weighted by Crippen LogP contribution is 2.38. The van der Waals surface area contributed by atoms with Crippen molar-refractivity contribution in [3.63, 3.8) is 0 Å². The van der Waals surface area contributed by atoms with E-state index in [-0.39, 0.29) is 15.5 Å². The highest BCUT2D eigenvalue weighted by Gasteiger charge is 2.45. The Kier molecular flexibility index (Phi) is 5.03. The number of benzene rings is 2. The highest BCUT2D eigenvalue weighted by atomic mass is 35.5. The Morgan fingerprint density at radius 3 is 2.00 bits per heavy atom. The van der Waals surface area contributed by atoms with E-state index in [1.54, 1.807) is 6.92 Å². The molecule has 0 unspecified atom stereocenters. The summed E-state index contributed by atoms with van der Waals surface area (Å²) in [7, 11) is -4.57. The van der Waals surface area contributed by atoms with Crippen LogP contribution in [0.25, 0.3) is 0 Å². The van der Waals surface area contributed by atoms with Gasteiger partial charge in [-0.15, -0.1) is 0 Å². The molecule has 0 heterocycles. The van der Waals surface area contributed by atoms with Crippen molar-refractivity contribution in [2.75, 3.05) is 0 Å². The van der Waals surface area contributed by atoms with E-state index < -0.39 is 22.4 Å². The standard InChI is InChI=1S/C15H12ClF3O3S/c1-10-2-8-13(9-3-10)23(20,21)22-14(15(17,18)19)11-4-6-12(16)7-5-11/h2-9,14H,1H3/t14-/m1/s1. The number of alkyl halides is 3. The van der Waals surface area contributed by atoms with Gasteiger partial charge in [-0.1, -0.05) is 41.4 Å². The monoisotopic (exact) mass is 364 g/mol. The van der Waals surface area contributed by atoms with E-state index in [9.17, 15) is 21.6 Å². The first-order valence-electron chi connectivity index (χ1n) is 6.42. The molecule has 124 valence electrons. The molecule has 0 N–H and O–H groups in total. The van der Waals surface area contributed by atoms with Crippen LogP contribution in [0.3, 0.4) is 0 Å². The molecule has 3 nitrogen and oxygen atoms in total. The normalized spacial score (nSPS) is 13.8. The van der Waals surface area contributed by atoms with Crippen LogP contribution < -0.4 is 0 Å². The number of aryl methyl sites for hydroxylation is 1. The molecule has 0 aromatic heterocycles. The topological polar surface area (TPSA) is 43.4 Å². The van der Waals surface area contributed by atoms with E-state index in [0.29, 0.717) is 0 Å². The number of halogens is 4. The first-order chi connectivity index (χ1) is 10.6. The minimum absolute atomic E-state index is 0.232. The van der Waals surface area contributed by atoms with Gasteiger partial charge in [-0.3, -0.25) is 0 Å². The van der Waals surface area contributed by atoms with Crippen LogP contribution in [0.4, 0.5) is 13.2 Å². The van der Waals surface area contributed by atoms with Crippen molar-refractivity contribution < 1.29 is 25.8 Å². The van der Waals surface area contributed by atoms with Gasteiger partial charge in [0.15, 0.2) is 6.10 Å². The highest BCUT2D eigenvalue weighted by molar-refractivity contribution is 7.86. The largest absolute Gasteiger partial charge is 0.420 e. The molecule has 1 atom stereocenters. The van der Waals surface area contributed by atoms with Crippen molar-refractivity contribution >= 4 is 21.7 Å². The maximum Gasteiger partial charge on any atom is 0.420 e. The molecule has 23 heavy (non-hydrogen) atoms. The smallest absolute Gasteiger partial charge is 0.248 e. The average molecular weight is 365 g/mol. The maximum atomic E-state index is 13.2. The molecule has 2 aromatic rings. The summed E-state index contributed by atoms with van der Waals surface area (Å²) < 4.78 is 68.2. The van der Waals surface area contributed by atoms with Gasteiger partial charge in [0.05, 0.1) is 4.90 Å². The molecule has 0 aliphatic heterocycles. The SMILES string of the molecule is Cc1ccc(S(=O)(=O)O[C@H](c2ccc(Cl)cc2)C(F)(F)F)cc1. The summed E-state index contributed by atoms with van der Waals surface area (Å²) in [4.78, 5) is -0.341. The minimum atomic E-state index is -4.90. The third-order valence-electron chi connectivity index (χ3n) is 3.00. The second-order valence-electron chi connectivity index (χ2n) is 4.84. The van der Waals surface area contributed by atoms with Crippen LogP contribution in [0.5, 0.6) is 0 Å². The molecule has 0 saturated carbocycles. The molecule has 0 aliphatic carbocycles. The summed E-state index contributed by atoms with van der Waals surface area (Å²) in [6.45, 7) is 1.73. The van der Waals surface area contributed by atoms with Gasteiger partial charge >= 0.3 is 6.18 Å². The number of hydrogen-bond donors (Lipinski definition) is 0. The van der Waals surface area contributed by atoms with Gasteiger partial charge in [-0.05, 0) is 36.8 Å². The fraction of sp³-hybridized carbons (Fsp3) is 0.200. The lowest BCUT2D eigenvalue weighted by atomic mass is 10.1. The molecule has 0 radical (unpaired) electrons. The molecular weight excluding hydrogens is 353 g/mol. The van der Waals surface area contributed by atoms with Gasteiger partial charge in [-0.25, -0.2) is 4.18 Å². The second-order valence-corrected chi connectivity index (χ2v) is 6.85. The zero-order valence-electron chi connectivity index (χ0n) is 11.8. The van der Waals surface area contributed by atoms with E-state index in [1.807, 2.05) is 0 Å². The van der Waals surface area contributed by atoms with Crippen molar-refractivity contribution in [2.45, 2.75) is 24.1 Å². The van der Waals surface area contributed by atoms with Crippen LogP contribution >= 0.6 is 11.6 Å². The summed E-state index contributed by atoms with van der Waals surface area (Å²) in [6.07, 6.45) is -7.50. The lowest BCUT2D eigenvalue weighted by Gasteiger charge is -2.20. The third kappa shape index (κ3) is 4.46. The van der Waals surface area contributed by atoms with Gasteiger partial charge in [0.2, 0.25) is 0 Å². The van der Waals surface area contributed by atoms with E-state index in [1.165, 1.54) is 36.4 Å². The number of hydrogen-bond acceptors (Lipinski definition) is 3. The molecule has 2 aromatic carbocycles. The van der Waals surface area contributed by atoms with Crippen LogP contribution in [-0.2, 0) is 14.3 Å². The van der Waals surface area contributed by atoms with Crippen molar-refractivity contribution in [1.29, 1.82) is 0 Å². The van der Waals surface area contributed by atoms with Crippen LogP contribution in [0, 0.1) is 6.92 Å². The summed E-state index contributed by atoms with van der Waals surface area (Å²) in [5.41, 5.74) is 0.423. The van der Waals surface area contributed by atoms with Gasteiger partial charge in [0.25, 0.3) is 10.1 Å². The minimum Gasteiger partial charge on any atom is -0.248 e. The van der Waals surface area contributed by atoms with Crippen molar-refractivity contribution in [1.82, 2.24) is 0 Å². The fourth-order valence-electron chi connectivity index (χ4n) is 1.82. The lowest BCUT2D eigenvalue weighted by Crippen LogP contribution is -2.26. The Hall–Kier alpha value is -1.57. The second kappa shape index (κ2) is 6.51. The van der Waals surface area contributed by atoms with E-state index in [4.69, 9.17) is 11.6 Å². The third-order valence-corrected chi connectivity index (χ3v) is 4.55. The summed E-state index contributed by atoms with van der Waals surface area (Å²) in [5.74, 6) is 0. The Morgan fingerprint density at radius 1 is 1.00 bits per heavy atom.